The highest BCUT2D eigenvalue weighted by atomic mass is 35.5. The van der Waals surface area contributed by atoms with E-state index in [1.165, 1.54) is 6.33 Å². The lowest BCUT2D eigenvalue weighted by atomic mass is 9.98. The van der Waals surface area contributed by atoms with Crippen LogP contribution in [-0.4, -0.2) is 82.7 Å². The molecule has 2 aromatic carbocycles. The summed E-state index contributed by atoms with van der Waals surface area (Å²) in [7, 11) is 3.74. The zero-order valence-corrected chi connectivity index (χ0v) is 25.5. The highest BCUT2D eigenvalue weighted by Gasteiger charge is 2.27. The number of hydrogen-bond acceptors (Lipinski definition) is 8. The maximum atomic E-state index is 12.6. The summed E-state index contributed by atoms with van der Waals surface area (Å²) < 4.78 is 13.2. The number of carbonyl (C=O) groups is 1. The van der Waals surface area contributed by atoms with Crippen molar-refractivity contribution in [1.29, 1.82) is 5.26 Å². The van der Waals surface area contributed by atoms with E-state index in [1.807, 2.05) is 64.0 Å². The third kappa shape index (κ3) is 6.98. The summed E-state index contributed by atoms with van der Waals surface area (Å²) in [5, 5.41) is 14.6. The van der Waals surface area contributed by atoms with Crippen LogP contribution in [-0.2, 0) is 4.74 Å². The Morgan fingerprint density at radius 1 is 1.12 bits per heavy atom. The van der Waals surface area contributed by atoms with Gasteiger partial charge in [0.1, 0.15) is 29.5 Å². The number of anilines is 1. The first-order valence-corrected chi connectivity index (χ1v) is 14.2. The second kappa shape index (κ2) is 12.2. The molecule has 0 aliphatic carbocycles. The molecular weight excluding hydrogens is 568 g/mol. The molecule has 43 heavy (non-hydrogen) atoms. The van der Waals surface area contributed by atoms with Gasteiger partial charge in [0.05, 0.1) is 22.6 Å². The van der Waals surface area contributed by atoms with Crippen LogP contribution < -0.4 is 9.64 Å². The summed E-state index contributed by atoms with van der Waals surface area (Å²) in [6.07, 6.45) is 4.58. The van der Waals surface area contributed by atoms with Crippen molar-refractivity contribution >= 4 is 41.1 Å². The lowest BCUT2D eigenvalue weighted by Gasteiger charge is -2.37. The van der Waals surface area contributed by atoms with E-state index in [0.29, 0.717) is 59.6 Å². The van der Waals surface area contributed by atoms with E-state index in [-0.39, 0.29) is 6.09 Å². The van der Waals surface area contributed by atoms with Crippen LogP contribution in [0.1, 0.15) is 26.3 Å². The molecule has 1 saturated heterocycles. The summed E-state index contributed by atoms with van der Waals surface area (Å²) >= 11 is 6.73. The molecule has 1 fully saturated rings. The SMILES string of the molecule is CN(C)C=Nc1c(C#N)cc(N2CCN(C(=O)OC(C)(C)C)CC2)cc1-c1ccc(Oc2ccn3ncnc3c2)c(Cl)c1. The van der Waals surface area contributed by atoms with Gasteiger partial charge in [-0.1, -0.05) is 17.7 Å². The van der Waals surface area contributed by atoms with Crippen LogP contribution in [0.25, 0.3) is 16.8 Å². The first kappa shape index (κ1) is 29.7. The largest absolute Gasteiger partial charge is 0.456 e. The fourth-order valence-corrected chi connectivity index (χ4v) is 4.85. The van der Waals surface area contributed by atoms with Gasteiger partial charge in [0.15, 0.2) is 5.65 Å². The molecule has 3 heterocycles. The van der Waals surface area contributed by atoms with Crippen molar-refractivity contribution in [2.24, 2.45) is 4.99 Å². The lowest BCUT2D eigenvalue weighted by molar-refractivity contribution is 0.0240. The van der Waals surface area contributed by atoms with E-state index in [4.69, 9.17) is 21.1 Å². The zero-order valence-electron chi connectivity index (χ0n) is 24.8. The Kier molecular flexibility index (Phi) is 8.41. The first-order valence-electron chi connectivity index (χ1n) is 13.8. The van der Waals surface area contributed by atoms with Crippen LogP contribution in [0.4, 0.5) is 16.2 Å². The van der Waals surface area contributed by atoms with Crippen molar-refractivity contribution < 1.29 is 14.3 Å². The second-order valence-electron chi connectivity index (χ2n) is 11.3. The monoisotopic (exact) mass is 600 g/mol. The highest BCUT2D eigenvalue weighted by molar-refractivity contribution is 6.32. The van der Waals surface area contributed by atoms with Gasteiger partial charge in [-0.05, 0) is 56.7 Å². The summed E-state index contributed by atoms with van der Waals surface area (Å²) in [6.45, 7) is 7.76. The molecule has 12 heteroatoms. The number of aromatic nitrogens is 3. The van der Waals surface area contributed by atoms with E-state index in [2.05, 4.69) is 26.0 Å². The standard InChI is InChI=1S/C31H33ClN8O3/c1-31(2,3)43-30(41)39-12-10-38(11-13-39)23-14-22(18-33)29(35-20-37(4)5)25(16-23)21-6-7-27(26(32)15-21)42-24-8-9-40-28(17-24)34-19-36-40/h6-9,14-17,19-20H,10-13H2,1-5H3. The number of fused-ring (bicyclic) bond motifs is 1. The molecule has 4 aromatic rings. The van der Waals surface area contributed by atoms with Gasteiger partial charge in [-0.15, -0.1) is 0 Å². The molecule has 0 N–H and O–H groups in total. The summed E-state index contributed by atoms with van der Waals surface area (Å²) in [5.41, 5.74) is 3.45. The molecule has 222 valence electrons. The molecule has 2 aromatic heterocycles. The number of halogens is 1. The molecule has 0 spiro atoms. The molecule has 5 rings (SSSR count). The number of benzene rings is 2. The van der Waals surface area contributed by atoms with E-state index in [1.54, 1.807) is 40.1 Å². The molecule has 1 amide bonds. The average molecular weight is 601 g/mol. The third-order valence-electron chi connectivity index (χ3n) is 6.65. The normalized spacial score (nSPS) is 13.8. The number of amides is 1. The minimum absolute atomic E-state index is 0.322. The molecule has 1 aliphatic rings. The molecule has 11 nitrogen and oxygen atoms in total. The molecule has 0 atom stereocenters. The predicted molar refractivity (Wildman–Crippen MR) is 167 cm³/mol. The van der Waals surface area contributed by atoms with Crippen molar-refractivity contribution in [2.45, 2.75) is 26.4 Å². The van der Waals surface area contributed by atoms with Gasteiger partial charge in [-0.3, -0.25) is 0 Å². The van der Waals surface area contributed by atoms with Gasteiger partial charge in [-0.25, -0.2) is 19.3 Å². The van der Waals surface area contributed by atoms with Crippen LogP contribution in [0.2, 0.25) is 5.02 Å². The van der Waals surface area contributed by atoms with E-state index in [9.17, 15) is 10.1 Å². The minimum Gasteiger partial charge on any atom is -0.456 e. The number of ether oxygens (including phenoxy) is 2. The second-order valence-corrected chi connectivity index (χ2v) is 11.7. The quantitative estimate of drug-likeness (QED) is 0.196. The van der Waals surface area contributed by atoms with Crippen molar-refractivity contribution in [1.82, 2.24) is 24.4 Å². The summed E-state index contributed by atoms with van der Waals surface area (Å²) in [4.78, 5) is 27.1. The number of carbonyl (C=O) groups excluding carboxylic acids is 1. The highest BCUT2D eigenvalue weighted by Crippen LogP contribution is 2.41. The van der Waals surface area contributed by atoms with Gasteiger partial charge in [0, 0.05) is 63.8 Å². The minimum atomic E-state index is -0.555. The molecule has 0 unspecified atom stereocenters. The maximum absolute atomic E-state index is 12.6. The lowest BCUT2D eigenvalue weighted by Crippen LogP contribution is -2.50. The number of pyridine rings is 1. The van der Waals surface area contributed by atoms with Gasteiger partial charge >= 0.3 is 6.09 Å². The van der Waals surface area contributed by atoms with E-state index >= 15 is 0 Å². The number of nitriles is 1. The van der Waals surface area contributed by atoms with Crippen molar-refractivity contribution in [3.8, 4) is 28.7 Å². The molecule has 0 bridgehead atoms. The number of rotatable bonds is 6. The van der Waals surface area contributed by atoms with Gasteiger partial charge in [-0.2, -0.15) is 10.4 Å². The average Bonchev–Trinajstić information content (AvgIpc) is 3.44. The van der Waals surface area contributed by atoms with Gasteiger partial charge < -0.3 is 24.2 Å². The number of hydrogen-bond donors (Lipinski definition) is 0. The van der Waals surface area contributed by atoms with E-state index < -0.39 is 5.60 Å². The van der Waals surface area contributed by atoms with Crippen LogP contribution in [0, 0.1) is 11.3 Å². The Morgan fingerprint density at radius 2 is 1.88 bits per heavy atom. The predicted octanol–water partition coefficient (Wildman–Crippen LogP) is 5.99. The Bertz CT molecular complexity index is 1710. The maximum Gasteiger partial charge on any atom is 0.410 e. The van der Waals surface area contributed by atoms with Crippen molar-refractivity contribution in [3.05, 3.63) is 65.6 Å². The Labute approximate surface area is 255 Å². The fraction of sp³-hybridized carbons (Fsp3) is 0.323. The first-order chi connectivity index (χ1) is 20.5. The zero-order chi connectivity index (χ0) is 30.7. The topological polar surface area (TPSA) is 112 Å². The number of nitrogens with zero attached hydrogens (tertiary/aromatic N) is 8. The third-order valence-corrected chi connectivity index (χ3v) is 6.95. The fourth-order valence-electron chi connectivity index (χ4n) is 4.63. The Hall–Kier alpha value is -4.82. The van der Waals surface area contributed by atoms with Crippen molar-refractivity contribution in [3.63, 3.8) is 0 Å². The van der Waals surface area contributed by atoms with E-state index in [0.717, 1.165) is 16.8 Å². The van der Waals surface area contributed by atoms with Crippen LogP contribution in [0.3, 0.4) is 0 Å². The summed E-state index contributed by atoms with van der Waals surface area (Å²) in [6, 6.07) is 15.2. The Morgan fingerprint density at radius 3 is 2.56 bits per heavy atom. The van der Waals surface area contributed by atoms with Crippen LogP contribution in [0.5, 0.6) is 11.5 Å². The Balaban J connectivity index is 1.45. The van der Waals surface area contributed by atoms with Crippen molar-refractivity contribution in [2.75, 3.05) is 45.2 Å². The smallest absolute Gasteiger partial charge is 0.410 e. The number of piperazine rings is 1. The van der Waals surface area contributed by atoms with Crippen LogP contribution in [0.15, 0.2) is 60.0 Å². The molecule has 0 saturated carbocycles. The summed E-state index contributed by atoms with van der Waals surface area (Å²) in [5.74, 6) is 1.05. The van der Waals surface area contributed by atoms with Crippen LogP contribution >= 0.6 is 11.6 Å². The number of aliphatic imine (C=N–C) groups is 1. The van der Waals surface area contributed by atoms with Gasteiger partial charge in [0.2, 0.25) is 0 Å². The molecular formula is C31H33ClN8O3. The molecule has 1 aliphatic heterocycles. The van der Waals surface area contributed by atoms with Gasteiger partial charge in [0.25, 0.3) is 0 Å². The molecule has 0 radical (unpaired) electrons.